The van der Waals surface area contributed by atoms with Crippen LogP contribution in [0.1, 0.15) is 18.2 Å². The average Bonchev–Trinajstić information content (AvgIpc) is 2.94. The van der Waals surface area contributed by atoms with Crippen LogP contribution >= 0.6 is 11.3 Å². The summed E-state index contributed by atoms with van der Waals surface area (Å²) in [6, 6.07) is 2.14. The highest BCUT2D eigenvalue weighted by Crippen LogP contribution is 2.32. The maximum Gasteiger partial charge on any atom is 0.225 e. The zero-order valence-electron chi connectivity index (χ0n) is 11.4. The fraction of sp³-hybridized carbons (Fsp3) is 0.538. The van der Waals surface area contributed by atoms with Crippen LogP contribution in [0.5, 0.6) is 0 Å². The molecule has 1 atom stereocenters. The fourth-order valence-electron chi connectivity index (χ4n) is 2.30. The number of aryl methyl sites for hydroxylation is 1. The first kappa shape index (κ1) is 12.6. The molecule has 0 bridgehead atoms. The van der Waals surface area contributed by atoms with Gasteiger partial charge < -0.3 is 15.4 Å². The second-order valence-corrected chi connectivity index (χ2v) is 6.44. The summed E-state index contributed by atoms with van der Waals surface area (Å²) in [5.41, 5.74) is -0.0395. The van der Waals surface area contributed by atoms with Gasteiger partial charge in [0.25, 0.3) is 0 Å². The topological polar surface area (TPSA) is 59.1 Å². The first-order valence-corrected chi connectivity index (χ1v) is 7.23. The Morgan fingerprint density at radius 2 is 2.26 bits per heavy atom. The zero-order chi connectivity index (χ0) is 13.5. The average molecular weight is 278 g/mol. The monoisotopic (exact) mass is 278 g/mol. The van der Waals surface area contributed by atoms with Gasteiger partial charge in [-0.2, -0.15) is 4.98 Å². The van der Waals surface area contributed by atoms with E-state index in [9.17, 15) is 0 Å². The summed E-state index contributed by atoms with van der Waals surface area (Å²) >= 11 is 1.69. The number of nitrogens with one attached hydrogen (secondary N) is 2. The van der Waals surface area contributed by atoms with Crippen molar-refractivity contribution in [1.82, 2.24) is 9.97 Å². The first-order valence-electron chi connectivity index (χ1n) is 6.41. The minimum Gasteiger partial charge on any atom is -0.379 e. The molecule has 0 aromatic carbocycles. The Balaban J connectivity index is 2.05. The van der Waals surface area contributed by atoms with Gasteiger partial charge in [-0.3, -0.25) is 0 Å². The summed E-state index contributed by atoms with van der Waals surface area (Å²) in [6.07, 6.45) is 0.997. The van der Waals surface area contributed by atoms with E-state index in [-0.39, 0.29) is 5.54 Å². The van der Waals surface area contributed by atoms with Crippen molar-refractivity contribution in [1.29, 1.82) is 0 Å². The first-order chi connectivity index (χ1) is 9.09. The summed E-state index contributed by atoms with van der Waals surface area (Å²) < 4.78 is 5.49. The normalized spacial score (nSPS) is 22.9. The Kier molecular flexibility index (Phi) is 3.06. The van der Waals surface area contributed by atoms with Crippen LogP contribution < -0.4 is 10.6 Å². The molecule has 3 rings (SSSR count). The largest absolute Gasteiger partial charge is 0.379 e. The third-order valence-electron chi connectivity index (χ3n) is 3.38. The Morgan fingerprint density at radius 1 is 1.42 bits per heavy atom. The Hall–Kier alpha value is -1.40. The van der Waals surface area contributed by atoms with E-state index in [1.54, 1.807) is 11.3 Å². The van der Waals surface area contributed by atoms with Gasteiger partial charge in [0.1, 0.15) is 10.6 Å². The van der Waals surface area contributed by atoms with E-state index in [2.05, 4.69) is 40.5 Å². The van der Waals surface area contributed by atoms with Gasteiger partial charge in [-0.15, -0.1) is 11.3 Å². The van der Waals surface area contributed by atoms with Gasteiger partial charge in [0.15, 0.2) is 0 Å². The highest BCUT2D eigenvalue weighted by Gasteiger charge is 2.30. The van der Waals surface area contributed by atoms with Gasteiger partial charge in [0.05, 0.1) is 17.5 Å². The molecule has 5 nitrogen and oxygen atoms in total. The molecule has 1 aliphatic heterocycles. The molecule has 0 spiro atoms. The van der Waals surface area contributed by atoms with Crippen molar-refractivity contribution in [2.45, 2.75) is 25.8 Å². The molecular formula is C13H18N4OS. The van der Waals surface area contributed by atoms with Gasteiger partial charge >= 0.3 is 0 Å². The zero-order valence-corrected chi connectivity index (χ0v) is 12.2. The molecule has 3 heterocycles. The minimum absolute atomic E-state index is 0.0395. The number of hydrogen-bond acceptors (Lipinski definition) is 6. The number of fused-ring (bicyclic) bond motifs is 1. The molecule has 2 aromatic heterocycles. The van der Waals surface area contributed by atoms with E-state index >= 15 is 0 Å². The summed E-state index contributed by atoms with van der Waals surface area (Å²) in [5, 5.41) is 7.65. The lowest BCUT2D eigenvalue weighted by Crippen LogP contribution is -2.35. The molecule has 2 aromatic rings. The van der Waals surface area contributed by atoms with Gasteiger partial charge in [-0.25, -0.2) is 4.98 Å². The summed E-state index contributed by atoms with van der Waals surface area (Å²) in [7, 11) is 1.84. The molecule has 1 saturated heterocycles. The number of aromatic nitrogens is 2. The summed E-state index contributed by atoms with van der Waals surface area (Å²) in [6.45, 7) is 5.79. The Bertz CT molecular complexity index is 604. The molecule has 0 saturated carbocycles. The van der Waals surface area contributed by atoms with Crippen LogP contribution in [-0.4, -0.2) is 35.8 Å². The van der Waals surface area contributed by atoms with Crippen molar-refractivity contribution in [3.63, 3.8) is 0 Å². The number of ether oxygens (including phenoxy) is 1. The lowest BCUT2D eigenvalue weighted by molar-refractivity contribution is 0.185. The van der Waals surface area contributed by atoms with Crippen LogP contribution in [0.25, 0.3) is 10.2 Å². The lowest BCUT2D eigenvalue weighted by atomic mass is 10.0. The molecule has 19 heavy (non-hydrogen) atoms. The van der Waals surface area contributed by atoms with Crippen molar-refractivity contribution in [2.24, 2.45) is 0 Å². The number of anilines is 2. The van der Waals surface area contributed by atoms with Crippen LogP contribution in [0.15, 0.2) is 6.07 Å². The molecule has 6 heteroatoms. The predicted octanol–water partition coefficient (Wildman–Crippen LogP) is 2.63. The van der Waals surface area contributed by atoms with Gasteiger partial charge in [-0.1, -0.05) is 0 Å². The molecular weight excluding hydrogens is 260 g/mol. The fourth-order valence-corrected chi connectivity index (χ4v) is 3.18. The molecule has 1 aliphatic rings. The van der Waals surface area contributed by atoms with Crippen LogP contribution in [-0.2, 0) is 4.74 Å². The van der Waals surface area contributed by atoms with Crippen molar-refractivity contribution >= 4 is 33.3 Å². The Labute approximate surface area is 116 Å². The van der Waals surface area contributed by atoms with Gasteiger partial charge in [0, 0.05) is 18.5 Å². The smallest absolute Gasteiger partial charge is 0.225 e. The quantitative estimate of drug-likeness (QED) is 0.904. The highest BCUT2D eigenvalue weighted by molar-refractivity contribution is 7.18. The van der Waals surface area contributed by atoms with Crippen molar-refractivity contribution in [3.05, 3.63) is 10.9 Å². The van der Waals surface area contributed by atoms with E-state index in [0.29, 0.717) is 5.95 Å². The van der Waals surface area contributed by atoms with Gasteiger partial charge in [-0.05, 0) is 26.3 Å². The standard InChI is InChI=1S/C13H18N4OS/c1-8-6-9-10(17-13(2)4-5-18-7-13)15-12(14-3)16-11(9)19-8/h6H,4-5,7H2,1-3H3,(H2,14,15,16,17). The molecule has 0 amide bonds. The molecule has 102 valence electrons. The maximum absolute atomic E-state index is 5.49. The number of nitrogens with zero attached hydrogens (tertiary/aromatic N) is 2. The maximum atomic E-state index is 5.49. The lowest BCUT2D eigenvalue weighted by Gasteiger charge is -2.24. The van der Waals surface area contributed by atoms with Crippen molar-refractivity contribution in [2.75, 3.05) is 30.9 Å². The van der Waals surface area contributed by atoms with Gasteiger partial charge in [0.2, 0.25) is 5.95 Å². The Morgan fingerprint density at radius 3 is 2.95 bits per heavy atom. The number of thiophene rings is 1. The third kappa shape index (κ3) is 2.37. The third-order valence-corrected chi connectivity index (χ3v) is 4.32. The minimum atomic E-state index is -0.0395. The van der Waals surface area contributed by atoms with E-state index in [4.69, 9.17) is 4.74 Å². The van der Waals surface area contributed by atoms with E-state index in [1.165, 1.54) is 4.88 Å². The number of hydrogen-bond donors (Lipinski definition) is 2. The molecule has 0 radical (unpaired) electrons. The molecule has 1 fully saturated rings. The molecule has 1 unspecified atom stereocenters. The SMILES string of the molecule is CNc1nc(NC2(C)CCOC2)c2cc(C)sc2n1. The molecule has 0 aliphatic carbocycles. The van der Waals surface area contributed by atoms with E-state index in [1.807, 2.05) is 7.05 Å². The van der Waals surface area contributed by atoms with Crippen LogP contribution in [0.3, 0.4) is 0 Å². The predicted molar refractivity (Wildman–Crippen MR) is 79.2 cm³/mol. The van der Waals surface area contributed by atoms with E-state index < -0.39 is 0 Å². The molecule has 2 N–H and O–H groups in total. The van der Waals surface area contributed by atoms with Crippen molar-refractivity contribution in [3.8, 4) is 0 Å². The van der Waals surface area contributed by atoms with Crippen LogP contribution in [0.2, 0.25) is 0 Å². The highest BCUT2D eigenvalue weighted by atomic mass is 32.1. The number of rotatable bonds is 3. The second kappa shape index (κ2) is 4.61. The summed E-state index contributed by atoms with van der Waals surface area (Å²) in [5.74, 6) is 1.55. The summed E-state index contributed by atoms with van der Waals surface area (Å²) in [4.78, 5) is 11.3. The van der Waals surface area contributed by atoms with Crippen LogP contribution in [0.4, 0.5) is 11.8 Å². The van der Waals surface area contributed by atoms with Crippen molar-refractivity contribution < 1.29 is 4.74 Å². The van der Waals surface area contributed by atoms with Crippen LogP contribution in [0, 0.1) is 6.92 Å². The second-order valence-electron chi connectivity index (χ2n) is 5.21. The van der Waals surface area contributed by atoms with E-state index in [0.717, 1.165) is 35.7 Å².